The Bertz CT molecular complexity index is 439. The normalized spacial score (nSPS) is 24.1. The lowest BCUT2D eigenvalue weighted by Gasteiger charge is -2.15. The first-order chi connectivity index (χ1) is 7.99. The van der Waals surface area contributed by atoms with Crippen molar-refractivity contribution < 1.29 is 15.0 Å². The third-order valence-corrected chi connectivity index (χ3v) is 3.82. The van der Waals surface area contributed by atoms with Crippen LogP contribution in [0.1, 0.15) is 15.9 Å². The molecule has 0 saturated carbocycles. The Hall–Kier alpha value is -0.910. The molecule has 5 heteroatoms. The van der Waals surface area contributed by atoms with E-state index in [2.05, 4.69) is 15.9 Å². The highest BCUT2D eigenvalue weighted by atomic mass is 79.9. The molecule has 0 aliphatic carbocycles. The lowest BCUT2D eigenvalue weighted by molar-refractivity contribution is 0.0572. The fourth-order valence-electron chi connectivity index (χ4n) is 1.84. The summed E-state index contributed by atoms with van der Waals surface area (Å²) in [6.07, 6.45) is -1.68. The van der Waals surface area contributed by atoms with Crippen molar-refractivity contribution in [3.8, 4) is 0 Å². The maximum atomic E-state index is 12.1. The van der Waals surface area contributed by atoms with Gasteiger partial charge in [0.2, 0.25) is 0 Å². The summed E-state index contributed by atoms with van der Waals surface area (Å²) < 4.78 is 0.878. The van der Waals surface area contributed by atoms with Crippen molar-refractivity contribution in [1.29, 1.82) is 0 Å². The van der Waals surface area contributed by atoms with E-state index in [1.165, 1.54) is 4.90 Å². The zero-order valence-corrected chi connectivity index (χ0v) is 11.0. The first-order valence-corrected chi connectivity index (χ1v) is 6.20. The Morgan fingerprint density at radius 2 is 1.94 bits per heavy atom. The van der Waals surface area contributed by atoms with Gasteiger partial charge in [-0.25, -0.2) is 0 Å². The third-order valence-electron chi connectivity index (χ3n) is 2.97. The predicted molar refractivity (Wildman–Crippen MR) is 66.8 cm³/mol. The van der Waals surface area contributed by atoms with Gasteiger partial charge in [0, 0.05) is 23.1 Å². The number of carbonyl (C=O) groups excluding carboxylic acids is 1. The van der Waals surface area contributed by atoms with Crippen LogP contribution in [0.15, 0.2) is 22.7 Å². The van der Waals surface area contributed by atoms with E-state index in [-0.39, 0.29) is 19.0 Å². The molecule has 0 spiro atoms. The molecule has 1 aliphatic heterocycles. The number of aliphatic hydroxyl groups excluding tert-OH is 2. The second-order valence-electron chi connectivity index (χ2n) is 4.31. The van der Waals surface area contributed by atoms with Crippen molar-refractivity contribution >= 4 is 21.8 Å². The monoisotopic (exact) mass is 299 g/mol. The van der Waals surface area contributed by atoms with Crippen molar-refractivity contribution in [2.24, 2.45) is 0 Å². The number of hydrogen-bond donors (Lipinski definition) is 2. The van der Waals surface area contributed by atoms with E-state index in [9.17, 15) is 15.0 Å². The molecule has 1 aromatic rings. The summed E-state index contributed by atoms with van der Waals surface area (Å²) in [4.78, 5) is 13.5. The molecule has 1 aromatic carbocycles. The lowest BCUT2D eigenvalue weighted by atomic mass is 10.1. The van der Waals surface area contributed by atoms with E-state index in [1.807, 2.05) is 13.0 Å². The van der Waals surface area contributed by atoms with E-state index >= 15 is 0 Å². The van der Waals surface area contributed by atoms with Crippen LogP contribution in [0.2, 0.25) is 0 Å². The molecule has 0 aromatic heterocycles. The summed E-state index contributed by atoms with van der Waals surface area (Å²) in [6, 6.07) is 5.37. The van der Waals surface area contributed by atoms with Gasteiger partial charge in [0.1, 0.15) is 0 Å². The largest absolute Gasteiger partial charge is 0.388 e. The van der Waals surface area contributed by atoms with E-state index in [0.29, 0.717) is 5.56 Å². The van der Waals surface area contributed by atoms with Crippen LogP contribution in [0.3, 0.4) is 0 Å². The average Bonchev–Trinajstić information content (AvgIpc) is 2.62. The molecular formula is C12H14BrNO3. The van der Waals surface area contributed by atoms with Gasteiger partial charge in [-0.15, -0.1) is 0 Å². The standard InChI is InChI=1S/C12H14BrNO3/c1-7-2-3-8(4-9(7)13)12(17)14-5-10(15)11(16)6-14/h2-4,10-11,15-16H,5-6H2,1H3/t10-,11+. The molecule has 4 nitrogen and oxygen atoms in total. The number of aryl methyl sites for hydroxylation is 1. The molecular weight excluding hydrogens is 286 g/mol. The van der Waals surface area contributed by atoms with E-state index in [4.69, 9.17) is 0 Å². The SMILES string of the molecule is Cc1ccc(C(=O)N2C[C@@H](O)[C@@H](O)C2)cc1Br. The number of amides is 1. The molecule has 17 heavy (non-hydrogen) atoms. The van der Waals surface area contributed by atoms with Crippen molar-refractivity contribution in [3.05, 3.63) is 33.8 Å². The molecule has 0 radical (unpaired) electrons. The van der Waals surface area contributed by atoms with Gasteiger partial charge in [-0.3, -0.25) is 4.79 Å². The second-order valence-corrected chi connectivity index (χ2v) is 5.16. The van der Waals surface area contributed by atoms with Crippen LogP contribution < -0.4 is 0 Å². The Morgan fingerprint density at radius 3 is 2.47 bits per heavy atom. The van der Waals surface area contributed by atoms with Crippen LogP contribution >= 0.6 is 15.9 Å². The first-order valence-electron chi connectivity index (χ1n) is 5.40. The molecule has 1 amide bonds. The minimum absolute atomic E-state index is 0.165. The molecule has 1 saturated heterocycles. The van der Waals surface area contributed by atoms with Crippen LogP contribution in [0.5, 0.6) is 0 Å². The average molecular weight is 300 g/mol. The van der Waals surface area contributed by atoms with Gasteiger partial charge in [-0.05, 0) is 24.6 Å². The van der Waals surface area contributed by atoms with Gasteiger partial charge in [-0.1, -0.05) is 22.0 Å². The molecule has 2 rings (SSSR count). The van der Waals surface area contributed by atoms with Crippen LogP contribution in [-0.2, 0) is 0 Å². The summed E-state index contributed by atoms with van der Waals surface area (Å²) in [7, 11) is 0. The molecule has 0 bridgehead atoms. The molecule has 2 N–H and O–H groups in total. The van der Waals surface area contributed by atoms with Crippen LogP contribution in [0, 0.1) is 6.92 Å². The van der Waals surface area contributed by atoms with Crippen molar-refractivity contribution in [2.75, 3.05) is 13.1 Å². The van der Waals surface area contributed by atoms with Crippen LogP contribution in [0.25, 0.3) is 0 Å². The molecule has 0 unspecified atom stereocenters. The Balaban J connectivity index is 2.17. The topological polar surface area (TPSA) is 60.8 Å². The van der Waals surface area contributed by atoms with Gasteiger partial charge in [0.05, 0.1) is 12.2 Å². The number of β-amino-alcohol motifs (C(OH)–C–C–N with tert-alkyl or cyclic N) is 2. The fourth-order valence-corrected chi connectivity index (χ4v) is 2.22. The van der Waals surface area contributed by atoms with Gasteiger partial charge in [0.25, 0.3) is 5.91 Å². The Kier molecular flexibility index (Phi) is 3.51. The molecule has 92 valence electrons. The number of benzene rings is 1. The molecule has 1 aliphatic rings. The number of hydrogen-bond acceptors (Lipinski definition) is 3. The molecule has 1 heterocycles. The third kappa shape index (κ3) is 2.51. The van der Waals surface area contributed by atoms with Crippen molar-refractivity contribution in [1.82, 2.24) is 4.90 Å². The summed E-state index contributed by atoms with van der Waals surface area (Å²) in [5, 5.41) is 18.8. The fraction of sp³-hybridized carbons (Fsp3) is 0.417. The van der Waals surface area contributed by atoms with Gasteiger partial charge in [0.15, 0.2) is 0 Å². The van der Waals surface area contributed by atoms with Gasteiger partial charge < -0.3 is 15.1 Å². The minimum atomic E-state index is -0.840. The lowest BCUT2D eigenvalue weighted by Crippen LogP contribution is -2.29. The molecule has 1 fully saturated rings. The smallest absolute Gasteiger partial charge is 0.254 e. The predicted octanol–water partition coefficient (Wildman–Crippen LogP) is 0.935. The Morgan fingerprint density at radius 1 is 1.35 bits per heavy atom. The number of aliphatic hydroxyl groups is 2. The number of carbonyl (C=O) groups is 1. The highest BCUT2D eigenvalue weighted by molar-refractivity contribution is 9.10. The first kappa shape index (κ1) is 12.5. The molecule has 2 atom stereocenters. The Labute approximate surface area is 108 Å². The second kappa shape index (κ2) is 4.76. The number of likely N-dealkylation sites (tertiary alicyclic amines) is 1. The maximum absolute atomic E-state index is 12.1. The highest BCUT2D eigenvalue weighted by Gasteiger charge is 2.32. The van der Waals surface area contributed by atoms with Crippen molar-refractivity contribution in [2.45, 2.75) is 19.1 Å². The number of rotatable bonds is 1. The number of halogens is 1. The zero-order chi connectivity index (χ0) is 12.6. The summed E-state index contributed by atoms with van der Waals surface area (Å²) in [5.41, 5.74) is 1.62. The van der Waals surface area contributed by atoms with Crippen molar-refractivity contribution in [3.63, 3.8) is 0 Å². The van der Waals surface area contributed by atoms with Crippen LogP contribution in [-0.4, -0.2) is 46.3 Å². The van der Waals surface area contributed by atoms with E-state index in [0.717, 1.165) is 10.0 Å². The number of nitrogens with zero attached hydrogens (tertiary/aromatic N) is 1. The highest BCUT2D eigenvalue weighted by Crippen LogP contribution is 2.20. The van der Waals surface area contributed by atoms with Gasteiger partial charge >= 0.3 is 0 Å². The quantitative estimate of drug-likeness (QED) is 0.811. The summed E-state index contributed by atoms with van der Waals surface area (Å²) in [5.74, 6) is -0.165. The zero-order valence-electron chi connectivity index (χ0n) is 9.43. The maximum Gasteiger partial charge on any atom is 0.254 e. The van der Waals surface area contributed by atoms with Crippen LogP contribution in [0.4, 0.5) is 0 Å². The van der Waals surface area contributed by atoms with Gasteiger partial charge in [-0.2, -0.15) is 0 Å². The summed E-state index contributed by atoms with van der Waals surface area (Å²) in [6.45, 7) is 2.32. The minimum Gasteiger partial charge on any atom is -0.388 e. The van der Waals surface area contributed by atoms with E-state index < -0.39 is 12.2 Å². The van der Waals surface area contributed by atoms with E-state index in [1.54, 1.807) is 12.1 Å². The summed E-state index contributed by atoms with van der Waals surface area (Å²) >= 11 is 3.38.